The van der Waals surface area contributed by atoms with Crippen LogP contribution in [0, 0.1) is 0 Å². The van der Waals surface area contributed by atoms with Gasteiger partial charge in [-0.15, -0.1) is 0 Å². The number of amides is 1. The minimum absolute atomic E-state index is 0.0314. The molecule has 29 heavy (non-hydrogen) atoms. The van der Waals surface area contributed by atoms with Crippen LogP contribution in [-0.4, -0.2) is 23.0 Å². The maximum Gasteiger partial charge on any atom is 0.258 e. The second kappa shape index (κ2) is 7.63. The average Bonchev–Trinajstić information content (AvgIpc) is 3.12. The van der Waals surface area contributed by atoms with E-state index in [-0.39, 0.29) is 17.6 Å². The number of benzene rings is 3. The summed E-state index contributed by atoms with van der Waals surface area (Å²) in [5.74, 6) is 1.15. The van der Waals surface area contributed by atoms with Crippen LogP contribution >= 0.6 is 0 Å². The van der Waals surface area contributed by atoms with Crippen LogP contribution in [0.15, 0.2) is 65.1 Å². The summed E-state index contributed by atoms with van der Waals surface area (Å²) in [4.78, 5) is 15.1. The predicted molar refractivity (Wildman–Crippen MR) is 116 cm³/mol. The number of fused-ring (bicyclic) bond motifs is 2. The molecule has 0 radical (unpaired) electrons. The van der Waals surface area contributed by atoms with Crippen LogP contribution in [0.2, 0.25) is 0 Å². The Kier molecular flexibility index (Phi) is 5.01. The Morgan fingerprint density at radius 2 is 1.79 bits per heavy atom. The molecule has 0 fully saturated rings. The van der Waals surface area contributed by atoms with Gasteiger partial charge >= 0.3 is 0 Å². The summed E-state index contributed by atoms with van der Waals surface area (Å²) in [5.41, 5.74) is 2.46. The van der Waals surface area contributed by atoms with Gasteiger partial charge in [0.1, 0.15) is 17.1 Å². The van der Waals surface area contributed by atoms with E-state index in [1.165, 1.54) is 0 Å². The van der Waals surface area contributed by atoms with Crippen LogP contribution in [0.4, 0.5) is 0 Å². The van der Waals surface area contributed by atoms with Crippen LogP contribution in [-0.2, 0) is 6.54 Å². The van der Waals surface area contributed by atoms with Gasteiger partial charge in [-0.1, -0.05) is 50.2 Å². The first-order valence-electron chi connectivity index (χ1n) is 9.96. The summed E-state index contributed by atoms with van der Waals surface area (Å²) in [6, 6.07) is 19.1. The number of nitrogens with zero attached hydrogens (tertiary/aromatic N) is 1. The lowest BCUT2D eigenvalue weighted by Gasteiger charge is -2.19. The van der Waals surface area contributed by atoms with Crippen molar-refractivity contribution in [2.45, 2.75) is 32.7 Å². The number of carbonyl (C=O) groups excluding carboxylic acids is 1. The highest BCUT2D eigenvalue weighted by Crippen LogP contribution is 2.33. The van der Waals surface area contributed by atoms with Crippen LogP contribution in [0.5, 0.6) is 5.75 Å². The molecule has 4 rings (SSSR count). The Bertz CT molecular complexity index is 1190. The van der Waals surface area contributed by atoms with Gasteiger partial charge in [0.25, 0.3) is 5.91 Å². The fraction of sp³-hybridized carbons (Fsp3) is 0.240. The third-order valence-electron chi connectivity index (χ3n) is 5.55. The number of carbonyl (C=O) groups is 1. The van der Waals surface area contributed by atoms with E-state index >= 15 is 0 Å². The van der Waals surface area contributed by atoms with E-state index in [1.54, 1.807) is 17.0 Å². The molecule has 1 heterocycles. The van der Waals surface area contributed by atoms with Gasteiger partial charge in [0, 0.05) is 24.9 Å². The zero-order valence-corrected chi connectivity index (χ0v) is 17.0. The molecule has 0 aliphatic carbocycles. The normalized spacial score (nSPS) is 12.4. The van der Waals surface area contributed by atoms with Crippen LogP contribution in [0.3, 0.4) is 0 Å². The zero-order valence-electron chi connectivity index (χ0n) is 17.0. The minimum atomic E-state index is -0.0314. The predicted octanol–water partition coefficient (Wildman–Crippen LogP) is 6.08. The summed E-state index contributed by atoms with van der Waals surface area (Å²) in [6.07, 6.45) is 0.904. The van der Waals surface area contributed by atoms with Gasteiger partial charge in [0.2, 0.25) is 0 Å². The molecule has 1 N–H and O–H groups in total. The number of rotatable bonds is 5. The smallest absolute Gasteiger partial charge is 0.258 e. The van der Waals surface area contributed by atoms with E-state index in [4.69, 9.17) is 4.42 Å². The van der Waals surface area contributed by atoms with E-state index in [1.807, 2.05) is 49.5 Å². The lowest BCUT2D eigenvalue weighted by molar-refractivity contribution is 0.0784. The van der Waals surface area contributed by atoms with Gasteiger partial charge in [-0.25, -0.2) is 0 Å². The summed E-state index contributed by atoms with van der Waals surface area (Å²) < 4.78 is 6.07. The molecule has 0 saturated heterocycles. The van der Waals surface area contributed by atoms with Crippen molar-refractivity contribution in [3.63, 3.8) is 0 Å². The van der Waals surface area contributed by atoms with E-state index in [0.717, 1.165) is 39.5 Å². The Morgan fingerprint density at radius 1 is 1.07 bits per heavy atom. The van der Waals surface area contributed by atoms with E-state index in [2.05, 4.69) is 19.9 Å². The number of furan rings is 1. The highest BCUT2D eigenvalue weighted by Gasteiger charge is 2.26. The molecular formula is C25H25NO3. The largest absolute Gasteiger partial charge is 0.508 e. The standard InChI is InChI=1S/C25H25NO3/c1-4-16(2)24-23(21-7-5-6-8-22(21)29-24)25(28)26(3)15-17-9-10-19-14-20(27)12-11-18(19)13-17/h5-14,16,27H,4,15H2,1-3H3. The Morgan fingerprint density at radius 3 is 2.59 bits per heavy atom. The molecule has 0 bridgehead atoms. The first kappa shape index (κ1) is 19.1. The molecule has 1 amide bonds. The van der Waals surface area contributed by atoms with Crippen LogP contribution in [0.1, 0.15) is 47.9 Å². The lowest BCUT2D eigenvalue weighted by Crippen LogP contribution is -2.27. The van der Waals surface area contributed by atoms with E-state index in [0.29, 0.717) is 12.1 Å². The number of hydrogen-bond acceptors (Lipinski definition) is 3. The molecule has 1 aromatic heterocycles. The third kappa shape index (κ3) is 3.58. The molecule has 0 aliphatic heterocycles. The topological polar surface area (TPSA) is 53.7 Å². The van der Waals surface area contributed by atoms with Crippen molar-refractivity contribution in [1.82, 2.24) is 4.90 Å². The molecular weight excluding hydrogens is 362 g/mol. The molecule has 4 aromatic rings. The highest BCUT2D eigenvalue weighted by atomic mass is 16.3. The summed E-state index contributed by atoms with van der Waals surface area (Å²) >= 11 is 0. The van der Waals surface area contributed by atoms with Crippen molar-refractivity contribution >= 4 is 27.6 Å². The van der Waals surface area contributed by atoms with Gasteiger partial charge in [0.05, 0.1) is 5.56 Å². The Hall–Kier alpha value is -3.27. The molecule has 0 spiro atoms. The first-order valence-corrected chi connectivity index (χ1v) is 9.96. The third-order valence-corrected chi connectivity index (χ3v) is 5.55. The van der Waals surface area contributed by atoms with E-state index < -0.39 is 0 Å². The molecule has 0 aliphatic rings. The number of phenols is 1. The summed E-state index contributed by atoms with van der Waals surface area (Å²) in [5, 5.41) is 12.5. The highest BCUT2D eigenvalue weighted by molar-refractivity contribution is 6.07. The molecule has 1 unspecified atom stereocenters. The van der Waals surface area contributed by atoms with Gasteiger partial charge in [0.15, 0.2) is 0 Å². The minimum Gasteiger partial charge on any atom is -0.508 e. The number of phenolic OH excluding ortho intramolecular Hbond substituents is 1. The zero-order chi connectivity index (χ0) is 20.5. The Balaban J connectivity index is 1.67. The fourth-order valence-corrected chi connectivity index (χ4v) is 3.73. The molecule has 0 saturated carbocycles. The first-order chi connectivity index (χ1) is 14.0. The fourth-order valence-electron chi connectivity index (χ4n) is 3.73. The maximum atomic E-state index is 13.4. The Labute approximate surface area is 170 Å². The lowest BCUT2D eigenvalue weighted by atomic mass is 9.99. The monoisotopic (exact) mass is 387 g/mol. The van der Waals surface area contributed by atoms with Crippen molar-refractivity contribution < 1.29 is 14.3 Å². The number of aromatic hydroxyl groups is 1. The van der Waals surface area contributed by atoms with Crippen LogP contribution < -0.4 is 0 Å². The SMILES string of the molecule is CCC(C)c1oc2ccccc2c1C(=O)N(C)Cc1ccc2cc(O)ccc2c1. The van der Waals surface area contributed by atoms with Gasteiger partial charge in [-0.3, -0.25) is 4.79 Å². The summed E-state index contributed by atoms with van der Waals surface area (Å²) in [7, 11) is 1.82. The van der Waals surface area contributed by atoms with Crippen molar-refractivity contribution in [3.05, 3.63) is 77.6 Å². The second-order valence-electron chi connectivity index (χ2n) is 7.67. The van der Waals surface area contributed by atoms with Gasteiger partial charge in [-0.05, 0) is 47.0 Å². The molecule has 148 valence electrons. The number of para-hydroxylation sites is 1. The molecule has 4 heteroatoms. The van der Waals surface area contributed by atoms with Gasteiger partial charge in [-0.2, -0.15) is 0 Å². The second-order valence-corrected chi connectivity index (χ2v) is 7.67. The quantitative estimate of drug-likeness (QED) is 0.452. The average molecular weight is 387 g/mol. The van der Waals surface area contributed by atoms with Crippen molar-refractivity contribution in [3.8, 4) is 5.75 Å². The van der Waals surface area contributed by atoms with Crippen LogP contribution in [0.25, 0.3) is 21.7 Å². The number of hydrogen-bond donors (Lipinski definition) is 1. The van der Waals surface area contributed by atoms with Crippen molar-refractivity contribution in [2.24, 2.45) is 0 Å². The van der Waals surface area contributed by atoms with Crippen molar-refractivity contribution in [2.75, 3.05) is 7.05 Å². The van der Waals surface area contributed by atoms with Crippen molar-refractivity contribution in [1.29, 1.82) is 0 Å². The molecule has 4 nitrogen and oxygen atoms in total. The molecule has 1 atom stereocenters. The summed E-state index contributed by atoms with van der Waals surface area (Å²) in [6.45, 7) is 4.69. The maximum absolute atomic E-state index is 13.4. The van der Waals surface area contributed by atoms with Gasteiger partial charge < -0.3 is 14.4 Å². The molecule has 3 aromatic carbocycles. The van der Waals surface area contributed by atoms with E-state index in [9.17, 15) is 9.90 Å².